The molecule has 1 N–H and O–H groups in total. The van der Waals surface area contributed by atoms with Crippen molar-refractivity contribution in [1.82, 2.24) is 0 Å². The first kappa shape index (κ1) is 54.8. The normalized spacial score (nSPS) is 13.6. The van der Waals surface area contributed by atoms with Crippen molar-refractivity contribution in [2.75, 3.05) is 47.5 Å². The summed E-state index contributed by atoms with van der Waals surface area (Å²) in [6.07, 6.45) is 41.2. The van der Waals surface area contributed by atoms with E-state index in [1.165, 1.54) is 154 Å². The summed E-state index contributed by atoms with van der Waals surface area (Å²) >= 11 is 0. The Morgan fingerprint density at radius 3 is 1.39 bits per heavy atom. The average Bonchev–Trinajstić information content (AvgIpc) is 3.15. The second-order valence-corrected chi connectivity index (χ2v) is 18.6. The predicted molar refractivity (Wildman–Crippen MR) is 234 cm³/mol. The van der Waals surface area contributed by atoms with Gasteiger partial charge in [0.2, 0.25) is 0 Å². The zero-order chi connectivity index (χ0) is 41.4. The molecule has 332 valence electrons. The number of hydrogen-bond donors (Lipinski definition) is 1. The summed E-state index contributed by atoms with van der Waals surface area (Å²) in [5, 5.41) is 0. The Balaban J connectivity index is 4.32. The summed E-state index contributed by atoms with van der Waals surface area (Å²) in [6, 6.07) is 0. The number of phosphoric ester groups is 1. The first-order valence-corrected chi connectivity index (χ1v) is 24.9. The molecule has 2 atom stereocenters. The molecule has 0 aliphatic rings. The number of carbonyl (C=O) groups is 2. The van der Waals surface area contributed by atoms with Gasteiger partial charge in [-0.3, -0.25) is 18.6 Å². The van der Waals surface area contributed by atoms with Crippen LogP contribution in [0.1, 0.15) is 219 Å². The molecular formula is C46H91NO8P+. The van der Waals surface area contributed by atoms with Crippen molar-refractivity contribution in [3.8, 4) is 0 Å². The number of allylic oxidation sites excluding steroid dienone is 2. The topological polar surface area (TPSA) is 108 Å². The van der Waals surface area contributed by atoms with E-state index in [0.717, 1.165) is 25.7 Å². The van der Waals surface area contributed by atoms with Gasteiger partial charge >= 0.3 is 19.8 Å². The maximum Gasteiger partial charge on any atom is 0.472 e. The van der Waals surface area contributed by atoms with Crippen LogP contribution in [0.3, 0.4) is 0 Å². The third kappa shape index (κ3) is 42.4. The number of likely N-dealkylation sites (N-methyl/N-ethyl adjacent to an activating group) is 1. The average molecular weight is 817 g/mol. The Bertz CT molecular complexity index is 969. The maximum absolute atomic E-state index is 12.7. The predicted octanol–water partition coefficient (Wildman–Crippen LogP) is 13.4. The van der Waals surface area contributed by atoms with Gasteiger partial charge in [0.05, 0.1) is 27.7 Å². The molecule has 9 nitrogen and oxygen atoms in total. The highest BCUT2D eigenvalue weighted by molar-refractivity contribution is 7.47. The number of carbonyl (C=O) groups excluding carboxylic acids is 2. The van der Waals surface area contributed by atoms with Gasteiger partial charge in [-0.05, 0) is 25.7 Å². The maximum atomic E-state index is 12.7. The van der Waals surface area contributed by atoms with Crippen molar-refractivity contribution in [1.29, 1.82) is 0 Å². The van der Waals surface area contributed by atoms with Crippen LogP contribution in [0.4, 0.5) is 0 Å². The molecule has 0 bridgehead atoms. The highest BCUT2D eigenvalue weighted by Crippen LogP contribution is 2.43. The smallest absolute Gasteiger partial charge is 0.462 e. The van der Waals surface area contributed by atoms with Crippen molar-refractivity contribution in [2.24, 2.45) is 0 Å². The quantitative estimate of drug-likeness (QED) is 0.0213. The van der Waals surface area contributed by atoms with Gasteiger partial charge in [0, 0.05) is 12.8 Å². The van der Waals surface area contributed by atoms with Gasteiger partial charge in [0.1, 0.15) is 19.8 Å². The molecule has 0 aromatic carbocycles. The van der Waals surface area contributed by atoms with E-state index in [4.69, 9.17) is 18.5 Å². The van der Waals surface area contributed by atoms with E-state index in [1.807, 2.05) is 27.2 Å². The molecule has 0 saturated heterocycles. The minimum atomic E-state index is -4.38. The van der Waals surface area contributed by atoms with Crippen molar-refractivity contribution >= 4 is 19.8 Å². The lowest BCUT2D eigenvalue weighted by atomic mass is 10.0. The Morgan fingerprint density at radius 1 is 0.536 bits per heavy atom. The van der Waals surface area contributed by atoms with Crippen LogP contribution in [0.5, 0.6) is 0 Å². The monoisotopic (exact) mass is 817 g/mol. The van der Waals surface area contributed by atoms with Crippen LogP contribution in [0.15, 0.2) is 12.2 Å². The van der Waals surface area contributed by atoms with E-state index in [1.54, 1.807) is 0 Å². The number of ether oxygens (including phenoxy) is 2. The van der Waals surface area contributed by atoms with Gasteiger partial charge in [0.15, 0.2) is 6.10 Å². The number of unbranched alkanes of at least 4 members (excludes halogenated alkanes) is 27. The number of quaternary nitrogens is 1. The van der Waals surface area contributed by atoms with Crippen LogP contribution in [-0.2, 0) is 32.7 Å². The lowest BCUT2D eigenvalue weighted by molar-refractivity contribution is -0.870. The number of nitrogens with zero attached hydrogens (tertiary/aromatic N) is 1. The van der Waals surface area contributed by atoms with E-state index in [0.29, 0.717) is 23.9 Å². The van der Waals surface area contributed by atoms with Crippen LogP contribution in [-0.4, -0.2) is 74.9 Å². The summed E-state index contributed by atoms with van der Waals surface area (Å²) in [5.41, 5.74) is 0. The molecule has 0 spiro atoms. The van der Waals surface area contributed by atoms with Gasteiger partial charge in [-0.25, -0.2) is 4.57 Å². The van der Waals surface area contributed by atoms with Crippen LogP contribution in [0.25, 0.3) is 0 Å². The summed E-state index contributed by atoms with van der Waals surface area (Å²) < 4.78 is 34.3. The Morgan fingerprint density at radius 2 is 0.946 bits per heavy atom. The van der Waals surface area contributed by atoms with Crippen LogP contribution in [0, 0.1) is 0 Å². The molecule has 0 saturated carbocycles. The van der Waals surface area contributed by atoms with Crippen LogP contribution in [0.2, 0.25) is 0 Å². The van der Waals surface area contributed by atoms with Gasteiger partial charge in [-0.1, -0.05) is 193 Å². The van der Waals surface area contributed by atoms with Crippen molar-refractivity contribution in [3.63, 3.8) is 0 Å². The molecule has 56 heavy (non-hydrogen) atoms. The standard InChI is InChI=1S/C46H90NO8P/c1-6-8-10-12-14-16-18-20-22-23-25-27-29-31-33-35-37-39-46(49)55-44(43-54-56(50,51)53-41-40-47(3,4)5)42-52-45(48)38-36-34-32-30-28-26-24-21-19-17-15-13-11-9-7-2/h32,34,44H,6-31,33,35-43H2,1-5H3/p+1/b34-32+/t44-/m1/s1. The van der Waals surface area contributed by atoms with Gasteiger partial charge in [-0.2, -0.15) is 0 Å². The largest absolute Gasteiger partial charge is 0.472 e. The highest BCUT2D eigenvalue weighted by atomic mass is 31.2. The SMILES string of the molecule is CCCCCCCCCCCCC/C=C/CCC(=O)OC[C@H](COP(=O)(O)OCC[N+](C)(C)C)OC(=O)CCCCCCCCCCCCCCCCCCC. The van der Waals surface area contributed by atoms with Gasteiger partial charge < -0.3 is 18.9 Å². The molecule has 0 aliphatic heterocycles. The summed E-state index contributed by atoms with van der Waals surface area (Å²) in [6.45, 7) is 4.42. The van der Waals surface area contributed by atoms with E-state index >= 15 is 0 Å². The van der Waals surface area contributed by atoms with E-state index in [9.17, 15) is 19.0 Å². The highest BCUT2D eigenvalue weighted by Gasteiger charge is 2.27. The molecule has 0 radical (unpaired) electrons. The van der Waals surface area contributed by atoms with Crippen LogP contribution < -0.4 is 0 Å². The molecule has 1 unspecified atom stereocenters. The van der Waals surface area contributed by atoms with Crippen molar-refractivity contribution < 1.29 is 42.1 Å². The first-order chi connectivity index (χ1) is 27.0. The minimum absolute atomic E-state index is 0.0306. The van der Waals surface area contributed by atoms with Crippen molar-refractivity contribution in [2.45, 2.75) is 225 Å². The fraction of sp³-hybridized carbons (Fsp3) is 0.913. The fourth-order valence-electron chi connectivity index (χ4n) is 6.62. The molecular weight excluding hydrogens is 725 g/mol. The zero-order valence-corrected chi connectivity index (χ0v) is 38.3. The molecule has 0 fully saturated rings. The fourth-order valence-corrected chi connectivity index (χ4v) is 7.36. The first-order valence-electron chi connectivity index (χ1n) is 23.4. The summed E-state index contributed by atoms with van der Waals surface area (Å²) in [4.78, 5) is 35.4. The number of rotatable bonds is 43. The number of phosphoric acid groups is 1. The minimum Gasteiger partial charge on any atom is -0.462 e. The van der Waals surface area contributed by atoms with Gasteiger partial charge in [-0.15, -0.1) is 0 Å². The Hall–Kier alpha value is -1.25. The molecule has 0 aromatic heterocycles. The molecule has 0 aliphatic carbocycles. The Kier molecular flexibility index (Phi) is 38.3. The summed E-state index contributed by atoms with van der Waals surface area (Å²) in [5.74, 6) is -0.843. The lowest BCUT2D eigenvalue weighted by Gasteiger charge is -2.24. The summed E-state index contributed by atoms with van der Waals surface area (Å²) in [7, 11) is 1.47. The van der Waals surface area contributed by atoms with E-state index in [2.05, 4.69) is 19.9 Å². The van der Waals surface area contributed by atoms with Crippen LogP contribution >= 0.6 is 7.82 Å². The zero-order valence-electron chi connectivity index (χ0n) is 37.4. The third-order valence-electron chi connectivity index (χ3n) is 10.3. The Labute approximate surface area is 346 Å². The number of hydrogen-bond acceptors (Lipinski definition) is 7. The lowest BCUT2D eigenvalue weighted by Crippen LogP contribution is -2.37. The van der Waals surface area contributed by atoms with Gasteiger partial charge in [0.25, 0.3) is 0 Å². The molecule has 0 aromatic rings. The third-order valence-corrected chi connectivity index (χ3v) is 11.3. The van der Waals surface area contributed by atoms with Crippen molar-refractivity contribution in [3.05, 3.63) is 12.2 Å². The molecule has 0 amide bonds. The molecule has 10 heteroatoms. The molecule has 0 rings (SSSR count). The molecule has 0 heterocycles. The number of esters is 2. The second-order valence-electron chi connectivity index (χ2n) is 17.1. The van der Waals surface area contributed by atoms with E-state index in [-0.39, 0.29) is 26.1 Å². The second kappa shape index (κ2) is 39.2. The van der Waals surface area contributed by atoms with E-state index < -0.39 is 32.5 Å².